The molecule has 0 saturated carbocycles. The van der Waals surface area contributed by atoms with Crippen molar-refractivity contribution in [2.75, 3.05) is 6.54 Å². The first-order valence-corrected chi connectivity index (χ1v) is 8.32. The number of aldehydes is 1. The molecular formula is C18H26N4O3. The standard InChI is InChI=1S/C18H26N4O3/c1-6-14(12(4)5)20-17(24)15-10-13(9-11(2)3)16(22-21-15)18(25)19-7-8-23/h6,8,10-12,14H,1,7,9H2,2-5H3,(H,19,25)(H,20,24). The van der Waals surface area contributed by atoms with E-state index in [1.807, 2.05) is 27.7 Å². The van der Waals surface area contributed by atoms with Gasteiger partial charge in [-0.15, -0.1) is 16.8 Å². The van der Waals surface area contributed by atoms with Gasteiger partial charge in [-0.05, 0) is 29.9 Å². The number of hydrogen-bond acceptors (Lipinski definition) is 5. The maximum absolute atomic E-state index is 12.4. The maximum Gasteiger partial charge on any atom is 0.272 e. The lowest BCUT2D eigenvalue weighted by Gasteiger charge is -2.18. The van der Waals surface area contributed by atoms with Gasteiger partial charge in [0.05, 0.1) is 6.54 Å². The molecule has 0 aliphatic heterocycles. The lowest BCUT2D eigenvalue weighted by molar-refractivity contribution is -0.107. The van der Waals surface area contributed by atoms with E-state index in [0.29, 0.717) is 18.3 Å². The Balaban J connectivity index is 3.10. The summed E-state index contributed by atoms with van der Waals surface area (Å²) in [7, 11) is 0. The van der Waals surface area contributed by atoms with Gasteiger partial charge in [0.25, 0.3) is 11.8 Å². The van der Waals surface area contributed by atoms with Crippen molar-refractivity contribution in [2.24, 2.45) is 11.8 Å². The van der Waals surface area contributed by atoms with Crippen LogP contribution in [0.15, 0.2) is 18.7 Å². The number of nitrogens with zero attached hydrogens (tertiary/aromatic N) is 2. The monoisotopic (exact) mass is 346 g/mol. The Kier molecular flexibility index (Phi) is 7.91. The van der Waals surface area contributed by atoms with E-state index in [0.717, 1.165) is 0 Å². The predicted molar refractivity (Wildman–Crippen MR) is 95.3 cm³/mol. The molecule has 136 valence electrons. The molecule has 0 spiro atoms. The summed E-state index contributed by atoms with van der Waals surface area (Å²) in [6, 6.07) is 1.40. The molecule has 2 N–H and O–H groups in total. The molecular weight excluding hydrogens is 320 g/mol. The molecule has 7 heteroatoms. The second-order valence-corrected chi connectivity index (χ2v) is 6.56. The van der Waals surface area contributed by atoms with Crippen LogP contribution < -0.4 is 10.6 Å². The minimum absolute atomic E-state index is 0.0979. The fraction of sp³-hybridized carbons (Fsp3) is 0.500. The SMILES string of the molecule is C=CC(NC(=O)c1cc(CC(C)C)c(C(=O)NCC=O)nn1)C(C)C. The molecule has 7 nitrogen and oxygen atoms in total. The van der Waals surface area contributed by atoms with E-state index in [4.69, 9.17) is 0 Å². The number of nitrogens with one attached hydrogen (secondary N) is 2. The summed E-state index contributed by atoms with van der Waals surface area (Å²) < 4.78 is 0. The second kappa shape index (κ2) is 9.66. The van der Waals surface area contributed by atoms with E-state index in [2.05, 4.69) is 27.4 Å². The molecule has 1 rings (SSSR count). The first-order chi connectivity index (χ1) is 11.8. The number of amides is 2. The van der Waals surface area contributed by atoms with Crippen LogP contribution in [-0.4, -0.2) is 40.9 Å². The maximum atomic E-state index is 12.4. The van der Waals surface area contributed by atoms with Crippen molar-refractivity contribution in [3.63, 3.8) is 0 Å². The number of rotatable bonds is 9. The average Bonchev–Trinajstić information content (AvgIpc) is 2.56. The Bertz CT molecular complexity index is 641. The second-order valence-electron chi connectivity index (χ2n) is 6.56. The number of carbonyl (C=O) groups excluding carboxylic acids is 3. The van der Waals surface area contributed by atoms with Gasteiger partial charge in [0.2, 0.25) is 0 Å². The summed E-state index contributed by atoms with van der Waals surface area (Å²) in [4.78, 5) is 34.9. The van der Waals surface area contributed by atoms with Crippen molar-refractivity contribution < 1.29 is 14.4 Å². The average molecular weight is 346 g/mol. The van der Waals surface area contributed by atoms with E-state index in [1.54, 1.807) is 12.1 Å². The van der Waals surface area contributed by atoms with Gasteiger partial charge in [-0.1, -0.05) is 33.8 Å². The number of aromatic nitrogens is 2. The topological polar surface area (TPSA) is 101 Å². The molecule has 1 aromatic heterocycles. The quantitative estimate of drug-likeness (QED) is 0.522. The van der Waals surface area contributed by atoms with Crippen LogP contribution in [0, 0.1) is 11.8 Å². The Labute approximate surface area is 148 Å². The smallest absolute Gasteiger partial charge is 0.272 e. The lowest BCUT2D eigenvalue weighted by Crippen LogP contribution is -2.37. The van der Waals surface area contributed by atoms with Gasteiger partial charge in [0.15, 0.2) is 11.4 Å². The molecule has 1 aromatic rings. The summed E-state index contributed by atoms with van der Waals surface area (Å²) in [6.07, 6.45) is 2.83. The number of carbonyl (C=O) groups is 3. The summed E-state index contributed by atoms with van der Waals surface area (Å²) in [5.41, 5.74) is 0.907. The van der Waals surface area contributed by atoms with Crippen molar-refractivity contribution in [3.05, 3.63) is 35.7 Å². The Morgan fingerprint density at radius 1 is 1.20 bits per heavy atom. The normalized spacial score (nSPS) is 11.9. The molecule has 0 radical (unpaired) electrons. The summed E-state index contributed by atoms with van der Waals surface area (Å²) in [5, 5.41) is 13.1. The molecule has 0 saturated heterocycles. The highest BCUT2D eigenvalue weighted by Gasteiger charge is 2.20. The molecule has 0 bridgehead atoms. The van der Waals surface area contributed by atoms with E-state index < -0.39 is 5.91 Å². The van der Waals surface area contributed by atoms with Gasteiger partial charge < -0.3 is 15.4 Å². The van der Waals surface area contributed by atoms with Crippen molar-refractivity contribution >= 4 is 18.1 Å². The van der Waals surface area contributed by atoms with Crippen molar-refractivity contribution in [1.82, 2.24) is 20.8 Å². The van der Waals surface area contributed by atoms with Gasteiger partial charge in [-0.25, -0.2) is 0 Å². The summed E-state index contributed by atoms with van der Waals surface area (Å²) in [5.74, 6) is -0.392. The zero-order valence-electron chi connectivity index (χ0n) is 15.2. The zero-order valence-corrected chi connectivity index (χ0v) is 15.2. The van der Waals surface area contributed by atoms with Crippen LogP contribution in [0.25, 0.3) is 0 Å². The highest BCUT2D eigenvalue weighted by molar-refractivity contribution is 5.96. The van der Waals surface area contributed by atoms with Crippen LogP contribution >= 0.6 is 0 Å². The van der Waals surface area contributed by atoms with E-state index in [1.165, 1.54) is 0 Å². The molecule has 0 aromatic carbocycles. The Morgan fingerprint density at radius 2 is 1.88 bits per heavy atom. The van der Waals surface area contributed by atoms with Gasteiger partial charge in [0, 0.05) is 6.04 Å². The van der Waals surface area contributed by atoms with Crippen LogP contribution in [0.2, 0.25) is 0 Å². The molecule has 1 heterocycles. The third-order valence-electron chi connectivity index (χ3n) is 3.56. The molecule has 0 fully saturated rings. The van der Waals surface area contributed by atoms with Crippen molar-refractivity contribution in [2.45, 2.75) is 40.2 Å². The highest BCUT2D eigenvalue weighted by Crippen LogP contribution is 2.14. The van der Waals surface area contributed by atoms with E-state index in [9.17, 15) is 14.4 Å². The summed E-state index contributed by atoms with van der Waals surface area (Å²) in [6.45, 7) is 11.6. The van der Waals surface area contributed by atoms with Gasteiger partial charge in [-0.3, -0.25) is 9.59 Å². The van der Waals surface area contributed by atoms with Crippen LogP contribution in [0.4, 0.5) is 0 Å². The molecule has 0 aliphatic rings. The highest BCUT2D eigenvalue weighted by atomic mass is 16.2. The fourth-order valence-corrected chi connectivity index (χ4v) is 2.27. The molecule has 25 heavy (non-hydrogen) atoms. The van der Waals surface area contributed by atoms with E-state index in [-0.39, 0.29) is 41.7 Å². The summed E-state index contributed by atoms with van der Waals surface area (Å²) >= 11 is 0. The lowest BCUT2D eigenvalue weighted by atomic mass is 10.0. The van der Waals surface area contributed by atoms with Crippen LogP contribution in [0.3, 0.4) is 0 Å². The zero-order chi connectivity index (χ0) is 19.0. The van der Waals surface area contributed by atoms with Crippen LogP contribution in [0.1, 0.15) is 54.2 Å². The predicted octanol–water partition coefficient (Wildman–Crippen LogP) is 1.54. The largest absolute Gasteiger partial charge is 0.344 e. The van der Waals surface area contributed by atoms with Crippen LogP contribution in [-0.2, 0) is 11.2 Å². The fourth-order valence-electron chi connectivity index (χ4n) is 2.27. The van der Waals surface area contributed by atoms with Gasteiger partial charge in [-0.2, -0.15) is 0 Å². The molecule has 2 amide bonds. The minimum atomic E-state index is -0.478. The minimum Gasteiger partial charge on any atom is -0.344 e. The third-order valence-corrected chi connectivity index (χ3v) is 3.56. The first kappa shape index (κ1) is 20.5. The van der Waals surface area contributed by atoms with Gasteiger partial charge in [0.1, 0.15) is 6.29 Å². The van der Waals surface area contributed by atoms with Crippen molar-refractivity contribution in [3.8, 4) is 0 Å². The number of hydrogen-bond donors (Lipinski definition) is 2. The van der Waals surface area contributed by atoms with Crippen molar-refractivity contribution in [1.29, 1.82) is 0 Å². The van der Waals surface area contributed by atoms with Gasteiger partial charge >= 0.3 is 0 Å². The van der Waals surface area contributed by atoms with Crippen LogP contribution in [0.5, 0.6) is 0 Å². The molecule has 0 aliphatic carbocycles. The third kappa shape index (κ3) is 6.10. The molecule has 1 unspecified atom stereocenters. The Morgan fingerprint density at radius 3 is 2.40 bits per heavy atom. The molecule has 1 atom stereocenters. The Hall–Kier alpha value is -2.57. The first-order valence-electron chi connectivity index (χ1n) is 8.32. The van der Waals surface area contributed by atoms with E-state index >= 15 is 0 Å².